The lowest BCUT2D eigenvalue weighted by Gasteiger charge is -2.37. The van der Waals surface area contributed by atoms with E-state index in [2.05, 4.69) is 5.32 Å². The Morgan fingerprint density at radius 3 is 2.00 bits per heavy atom. The zero-order valence-corrected chi connectivity index (χ0v) is 15.2. The van der Waals surface area contributed by atoms with Gasteiger partial charge in [-0.25, -0.2) is 0 Å². The first kappa shape index (κ1) is 18.7. The van der Waals surface area contributed by atoms with E-state index in [1.165, 1.54) is 0 Å². The second-order valence-electron chi connectivity index (χ2n) is 7.55. The van der Waals surface area contributed by atoms with Crippen LogP contribution in [0.1, 0.15) is 52.9 Å². The monoisotopic (exact) mass is 337 g/mol. The summed E-state index contributed by atoms with van der Waals surface area (Å²) in [4.78, 5) is 39.6. The van der Waals surface area contributed by atoms with Crippen LogP contribution in [-0.2, 0) is 14.4 Å². The van der Waals surface area contributed by atoms with Crippen molar-refractivity contribution in [1.29, 1.82) is 0 Å². The Morgan fingerprint density at radius 1 is 0.958 bits per heavy atom. The summed E-state index contributed by atoms with van der Waals surface area (Å²) in [5.41, 5.74) is 0. The topological polar surface area (TPSA) is 69.7 Å². The van der Waals surface area contributed by atoms with E-state index < -0.39 is 0 Å². The molecule has 2 aliphatic rings. The molecular formula is C18H31N3O3. The molecule has 1 N–H and O–H groups in total. The van der Waals surface area contributed by atoms with Crippen molar-refractivity contribution in [1.82, 2.24) is 15.1 Å². The molecule has 0 aliphatic carbocycles. The van der Waals surface area contributed by atoms with E-state index in [0.717, 1.165) is 38.8 Å². The summed E-state index contributed by atoms with van der Waals surface area (Å²) in [7, 11) is 0. The molecule has 0 aromatic rings. The number of piperidine rings is 2. The highest BCUT2D eigenvalue weighted by Crippen LogP contribution is 2.22. The molecule has 136 valence electrons. The molecular weight excluding hydrogens is 306 g/mol. The minimum atomic E-state index is 0.0488. The third-order valence-corrected chi connectivity index (χ3v) is 5.05. The molecule has 0 spiro atoms. The van der Waals surface area contributed by atoms with Gasteiger partial charge in [0, 0.05) is 51.5 Å². The molecule has 2 heterocycles. The van der Waals surface area contributed by atoms with Gasteiger partial charge in [0.05, 0.1) is 0 Å². The lowest BCUT2D eigenvalue weighted by Crippen LogP contribution is -2.49. The van der Waals surface area contributed by atoms with Crippen LogP contribution in [-0.4, -0.2) is 59.7 Å². The van der Waals surface area contributed by atoms with E-state index in [1.54, 1.807) is 6.92 Å². The predicted molar refractivity (Wildman–Crippen MR) is 92.2 cm³/mol. The molecule has 0 atom stereocenters. The number of nitrogens with one attached hydrogen (secondary N) is 1. The fraction of sp³-hybridized carbons (Fsp3) is 0.833. The molecule has 2 fully saturated rings. The minimum Gasteiger partial charge on any atom is -0.353 e. The molecule has 2 saturated heterocycles. The molecule has 2 rings (SSSR count). The average Bonchev–Trinajstić information content (AvgIpc) is 2.54. The van der Waals surface area contributed by atoms with Crippen LogP contribution in [0.4, 0.5) is 0 Å². The third kappa shape index (κ3) is 5.21. The third-order valence-electron chi connectivity index (χ3n) is 5.05. The molecule has 3 amide bonds. The second-order valence-corrected chi connectivity index (χ2v) is 7.55. The highest BCUT2D eigenvalue weighted by atomic mass is 16.2. The Bertz CT molecular complexity index is 462. The predicted octanol–water partition coefficient (Wildman–Crippen LogP) is 1.40. The Kier molecular flexibility index (Phi) is 6.63. The Morgan fingerprint density at radius 2 is 1.50 bits per heavy atom. The van der Waals surface area contributed by atoms with Gasteiger partial charge in [-0.1, -0.05) is 13.8 Å². The summed E-state index contributed by atoms with van der Waals surface area (Å²) in [5.74, 6) is 0.857. The maximum absolute atomic E-state index is 12.6. The van der Waals surface area contributed by atoms with Crippen LogP contribution < -0.4 is 5.32 Å². The van der Waals surface area contributed by atoms with Gasteiger partial charge in [-0.15, -0.1) is 0 Å². The first-order chi connectivity index (χ1) is 11.4. The normalized spacial score (nSPS) is 20.3. The van der Waals surface area contributed by atoms with Crippen molar-refractivity contribution in [3.8, 4) is 0 Å². The molecule has 6 heteroatoms. The van der Waals surface area contributed by atoms with Gasteiger partial charge in [0.25, 0.3) is 0 Å². The summed E-state index contributed by atoms with van der Waals surface area (Å²) in [5, 5.41) is 3.09. The summed E-state index contributed by atoms with van der Waals surface area (Å²) in [6, 6.07) is 0.194. The van der Waals surface area contributed by atoms with E-state index in [9.17, 15) is 14.4 Å². The molecule has 0 unspecified atom stereocenters. The summed E-state index contributed by atoms with van der Waals surface area (Å²) in [6.45, 7) is 8.48. The van der Waals surface area contributed by atoms with E-state index in [1.807, 2.05) is 23.6 Å². The van der Waals surface area contributed by atoms with Gasteiger partial charge >= 0.3 is 0 Å². The Balaban J connectivity index is 1.73. The van der Waals surface area contributed by atoms with Gasteiger partial charge in [-0.3, -0.25) is 14.4 Å². The van der Waals surface area contributed by atoms with Crippen molar-refractivity contribution in [2.75, 3.05) is 26.2 Å². The second kappa shape index (κ2) is 8.49. The van der Waals surface area contributed by atoms with Crippen molar-refractivity contribution in [2.24, 2.45) is 11.8 Å². The number of hydrogen-bond acceptors (Lipinski definition) is 3. The quantitative estimate of drug-likeness (QED) is 0.843. The molecule has 0 aromatic carbocycles. The van der Waals surface area contributed by atoms with Crippen molar-refractivity contribution in [2.45, 2.75) is 58.9 Å². The average molecular weight is 337 g/mol. The molecule has 0 aromatic heterocycles. The van der Waals surface area contributed by atoms with Crippen LogP contribution in [0, 0.1) is 11.8 Å². The van der Waals surface area contributed by atoms with E-state index >= 15 is 0 Å². The number of nitrogens with zero attached hydrogens (tertiary/aromatic N) is 2. The minimum absolute atomic E-state index is 0.0488. The van der Waals surface area contributed by atoms with Crippen molar-refractivity contribution in [3.05, 3.63) is 0 Å². The molecule has 6 nitrogen and oxygen atoms in total. The van der Waals surface area contributed by atoms with E-state index in [4.69, 9.17) is 0 Å². The van der Waals surface area contributed by atoms with Crippen LogP contribution >= 0.6 is 0 Å². The number of carbonyl (C=O) groups excluding carboxylic acids is 3. The maximum Gasteiger partial charge on any atom is 0.225 e. The molecule has 2 aliphatic heterocycles. The standard InChI is InChI=1S/C18H31N3O3/c1-13(2)12-17(23)19-16-6-10-21(11-7-16)18(24)15-4-8-20(9-5-15)14(3)22/h13,15-16H,4-12H2,1-3H3,(H,19,23). The molecule has 0 radical (unpaired) electrons. The largest absolute Gasteiger partial charge is 0.353 e. The van der Waals surface area contributed by atoms with E-state index in [0.29, 0.717) is 25.4 Å². The first-order valence-corrected chi connectivity index (χ1v) is 9.20. The van der Waals surface area contributed by atoms with E-state index in [-0.39, 0.29) is 29.7 Å². The number of carbonyl (C=O) groups is 3. The fourth-order valence-corrected chi connectivity index (χ4v) is 3.60. The molecule has 24 heavy (non-hydrogen) atoms. The van der Waals surface area contributed by atoms with Gasteiger partial charge in [0.2, 0.25) is 17.7 Å². The first-order valence-electron chi connectivity index (χ1n) is 9.20. The summed E-state index contributed by atoms with van der Waals surface area (Å²) >= 11 is 0. The highest BCUT2D eigenvalue weighted by Gasteiger charge is 2.31. The summed E-state index contributed by atoms with van der Waals surface area (Å²) in [6.07, 6.45) is 3.77. The fourth-order valence-electron chi connectivity index (χ4n) is 3.60. The Hall–Kier alpha value is -1.59. The maximum atomic E-state index is 12.6. The van der Waals surface area contributed by atoms with Crippen molar-refractivity contribution >= 4 is 17.7 Å². The number of amides is 3. The van der Waals surface area contributed by atoms with Crippen LogP contribution in [0.3, 0.4) is 0 Å². The smallest absolute Gasteiger partial charge is 0.225 e. The van der Waals surface area contributed by atoms with Crippen LogP contribution in [0.5, 0.6) is 0 Å². The zero-order chi connectivity index (χ0) is 17.7. The van der Waals surface area contributed by atoms with Gasteiger partial charge in [0.15, 0.2) is 0 Å². The lowest BCUT2D eigenvalue weighted by molar-refractivity contribution is -0.141. The van der Waals surface area contributed by atoms with Crippen LogP contribution in [0.2, 0.25) is 0 Å². The van der Waals surface area contributed by atoms with Crippen LogP contribution in [0.15, 0.2) is 0 Å². The van der Waals surface area contributed by atoms with Gasteiger partial charge in [-0.05, 0) is 31.6 Å². The van der Waals surface area contributed by atoms with Crippen LogP contribution in [0.25, 0.3) is 0 Å². The number of rotatable bonds is 4. The van der Waals surface area contributed by atoms with Crippen molar-refractivity contribution in [3.63, 3.8) is 0 Å². The van der Waals surface area contributed by atoms with Crippen molar-refractivity contribution < 1.29 is 14.4 Å². The van der Waals surface area contributed by atoms with Gasteiger partial charge < -0.3 is 15.1 Å². The highest BCUT2D eigenvalue weighted by molar-refractivity contribution is 5.80. The SMILES string of the molecule is CC(=O)N1CCC(C(=O)N2CCC(NC(=O)CC(C)C)CC2)CC1. The lowest BCUT2D eigenvalue weighted by atomic mass is 9.93. The van der Waals surface area contributed by atoms with Gasteiger partial charge in [-0.2, -0.15) is 0 Å². The molecule has 0 saturated carbocycles. The van der Waals surface area contributed by atoms with Gasteiger partial charge in [0.1, 0.15) is 0 Å². The zero-order valence-electron chi connectivity index (χ0n) is 15.2. The number of likely N-dealkylation sites (tertiary alicyclic amines) is 2. The summed E-state index contributed by atoms with van der Waals surface area (Å²) < 4.78 is 0. The number of hydrogen-bond donors (Lipinski definition) is 1. The molecule has 0 bridgehead atoms. The Labute approximate surface area is 144 Å².